The van der Waals surface area contributed by atoms with E-state index < -0.39 is 38.1 Å². The molecule has 27 heavy (non-hydrogen) atoms. The molecule has 1 aromatic carbocycles. The van der Waals surface area contributed by atoms with Crippen LogP contribution in [0.3, 0.4) is 0 Å². The van der Waals surface area contributed by atoms with Crippen LogP contribution in [0.1, 0.15) is 26.3 Å². The van der Waals surface area contributed by atoms with Gasteiger partial charge in [0.2, 0.25) is 25.8 Å². The lowest BCUT2D eigenvalue weighted by molar-refractivity contribution is -0.125. The molecule has 3 nitrogen and oxygen atoms in total. The van der Waals surface area contributed by atoms with E-state index in [1.807, 2.05) is 24.3 Å². The first-order valence-electron chi connectivity index (χ1n) is 8.59. The summed E-state index contributed by atoms with van der Waals surface area (Å²) in [4.78, 5) is 0. The number of rotatable bonds is 6. The summed E-state index contributed by atoms with van der Waals surface area (Å²) in [6, 6.07) is 5.52. The van der Waals surface area contributed by atoms with Crippen LogP contribution in [0.25, 0.3) is 0 Å². The van der Waals surface area contributed by atoms with Crippen LogP contribution in [0.4, 0.5) is 17.6 Å². The van der Waals surface area contributed by atoms with E-state index in [9.17, 15) is 17.6 Å². The summed E-state index contributed by atoms with van der Waals surface area (Å²) >= 11 is 0. The van der Waals surface area contributed by atoms with Gasteiger partial charge in [-0.05, 0) is 42.2 Å². The maximum atomic E-state index is 13.5. The highest BCUT2D eigenvalue weighted by Gasteiger charge is 2.39. The minimum atomic E-state index is -2.00. The Hall–Kier alpha value is -1.80. The summed E-state index contributed by atoms with van der Waals surface area (Å²) in [5.41, 5.74) is 0.862. The highest BCUT2D eigenvalue weighted by Crippen LogP contribution is 2.37. The van der Waals surface area contributed by atoms with Crippen LogP contribution in [0.5, 0.6) is 5.75 Å². The van der Waals surface area contributed by atoms with E-state index in [0.717, 1.165) is 11.3 Å². The lowest BCUT2D eigenvalue weighted by atomic mass is 10.1. The first kappa shape index (κ1) is 21.5. The molecule has 1 unspecified atom stereocenters. The van der Waals surface area contributed by atoms with Gasteiger partial charge in [-0.2, -0.15) is 8.78 Å². The molecule has 0 radical (unpaired) electrons. The van der Waals surface area contributed by atoms with E-state index in [1.54, 1.807) is 0 Å². The highest BCUT2D eigenvalue weighted by molar-refractivity contribution is 6.74. The molecule has 1 aliphatic heterocycles. The predicted octanol–water partition coefficient (Wildman–Crippen LogP) is 6.24. The van der Waals surface area contributed by atoms with Crippen molar-refractivity contribution in [3.8, 4) is 5.75 Å². The van der Waals surface area contributed by atoms with Crippen molar-refractivity contribution in [1.29, 1.82) is 0 Å². The van der Waals surface area contributed by atoms with Gasteiger partial charge < -0.3 is 13.9 Å². The molecular formula is C19H24F4O3Si. The van der Waals surface area contributed by atoms with Crippen molar-refractivity contribution in [3.63, 3.8) is 0 Å². The van der Waals surface area contributed by atoms with Gasteiger partial charge in [0.05, 0.1) is 6.61 Å². The smallest absolute Gasteiger partial charge is 0.315 e. The maximum Gasteiger partial charge on any atom is 0.315 e. The fraction of sp³-hybridized carbons (Fsp3) is 0.474. The Labute approximate surface area is 157 Å². The fourth-order valence-electron chi connectivity index (χ4n) is 2.05. The summed E-state index contributed by atoms with van der Waals surface area (Å²) in [5, 5.41) is 0.0789. The van der Waals surface area contributed by atoms with Gasteiger partial charge >= 0.3 is 6.01 Å². The molecule has 0 N–H and O–H groups in total. The first-order valence-corrected chi connectivity index (χ1v) is 11.5. The predicted molar refractivity (Wildman–Crippen MR) is 97.3 cm³/mol. The summed E-state index contributed by atoms with van der Waals surface area (Å²) in [6.45, 7) is 10.7. The Bertz CT molecular complexity index is 736. The molecule has 0 amide bonds. The van der Waals surface area contributed by atoms with E-state index in [-0.39, 0.29) is 11.6 Å². The second kappa shape index (κ2) is 8.06. The number of benzene rings is 1. The number of hydrogen-bond acceptors (Lipinski definition) is 3. The Morgan fingerprint density at radius 1 is 1.00 bits per heavy atom. The van der Waals surface area contributed by atoms with Gasteiger partial charge in [0, 0.05) is 0 Å². The molecule has 1 heterocycles. The van der Waals surface area contributed by atoms with Gasteiger partial charge in [0.1, 0.15) is 5.75 Å². The van der Waals surface area contributed by atoms with E-state index in [1.165, 1.54) is 0 Å². The normalized spacial score (nSPS) is 18.6. The monoisotopic (exact) mass is 404 g/mol. The van der Waals surface area contributed by atoms with Crippen LogP contribution in [0.2, 0.25) is 18.1 Å². The van der Waals surface area contributed by atoms with E-state index in [2.05, 4.69) is 38.6 Å². The molecule has 1 aromatic rings. The zero-order valence-corrected chi connectivity index (χ0v) is 17.0. The minimum Gasteiger partial charge on any atom is -0.544 e. The van der Waals surface area contributed by atoms with E-state index >= 15 is 0 Å². The molecular weight excluding hydrogens is 380 g/mol. The van der Waals surface area contributed by atoms with Gasteiger partial charge in [-0.3, -0.25) is 0 Å². The van der Waals surface area contributed by atoms with Gasteiger partial charge in [-0.25, -0.2) is 8.78 Å². The third kappa shape index (κ3) is 5.13. The molecule has 8 heteroatoms. The molecule has 0 bridgehead atoms. The van der Waals surface area contributed by atoms with Crippen molar-refractivity contribution < 1.29 is 31.5 Å². The summed E-state index contributed by atoms with van der Waals surface area (Å²) in [5.74, 6) is -4.78. The molecule has 2 rings (SSSR count). The van der Waals surface area contributed by atoms with Crippen LogP contribution in [-0.2, 0) is 15.9 Å². The zero-order valence-electron chi connectivity index (χ0n) is 16.0. The SMILES string of the molecule is CC(C)(C)[Si](C)(C)Oc1ccc(CCOC2OC(F)=C(F)C(F)=C2F)cc1. The molecule has 0 aliphatic carbocycles. The highest BCUT2D eigenvalue weighted by atomic mass is 28.4. The van der Waals surface area contributed by atoms with Gasteiger partial charge in [-0.1, -0.05) is 32.9 Å². The third-order valence-electron chi connectivity index (χ3n) is 4.75. The van der Waals surface area contributed by atoms with Crippen molar-refractivity contribution in [2.24, 2.45) is 0 Å². The fourth-order valence-corrected chi connectivity index (χ4v) is 3.09. The second-order valence-corrected chi connectivity index (χ2v) is 12.6. The molecule has 0 saturated heterocycles. The van der Waals surface area contributed by atoms with Gasteiger partial charge in [-0.15, -0.1) is 0 Å². The summed E-state index contributed by atoms with van der Waals surface area (Å²) in [7, 11) is -1.93. The first-order chi connectivity index (χ1) is 12.4. The average molecular weight is 404 g/mol. The van der Waals surface area contributed by atoms with Crippen molar-refractivity contribution in [1.82, 2.24) is 0 Å². The van der Waals surface area contributed by atoms with Crippen LogP contribution < -0.4 is 4.43 Å². The quantitative estimate of drug-likeness (QED) is 0.415. The van der Waals surface area contributed by atoms with E-state index in [4.69, 9.17) is 9.16 Å². The Kier molecular flexibility index (Phi) is 6.42. The topological polar surface area (TPSA) is 27.7 Å². The van der Waals surface area contributed by atoms with Crippen molar-refractivity contribution in [2.45, 2.75) is 51.6 Å². The number of hydrogen-bond donors (Lipinski definition) is 0. The number of halogens is 4. The average Bonchev–Trinajstić information content (AvgIpc) is 2.57. The zero-order chi connectivity index (χ0) is 20.4. The molecule has 0 spiro atoms. The van der Waals surface area contributed by atoms with E-state index in [0.29, 0.717) is 6.42 Å². The van der Waals surface area contributed by atoms with Crippen LogP contribution in [0.15, 0.2) is 47.8 Å². The van der Waals surface area contributed by atoms with Crippen molar-refractivity contribution in [3.05, 3.63) is 53.3 Å². The lowest BCUT2D eigenvalue weighted by Crippen LogP contribution is -2.43. The van der Waals surface area contributed by atoms with Crippen molar-refractivity contribution >= 4 is 8.32 Å². The molecule has 1 atom stereocenters. The Morgan fingerprint density at radius 3 is 2.15 bits per heavy atom. The Balaban J connectivity index is 1.90. The van der Waals surface area contributed by atoms with Gasteiger partial charge in [0.25, 0.3) is 6.29 Å². The Morgan fingerprint density at radius 2 is 1.59 bits per heavy atom. The van der Waals surface area contributed by atoms with Crippen LogP contribution in [-0.4, -0.2) is 21.2 Å². The lowest BCUT2D eigenvalue weighted by Gasteiger charge is -2.36. The largest absolute Gasteiger partial charge is 0.544 e. The third-order valence-corrected chi connectivity index (χ3v) is 9.11. The second-order valence-electron chi connectivity index (χ2n) is 7.83. The molecule has 150 valence electrons. The number of ether oxygens (including phenoxy) is 2. The summed E-state index contributed by atoms with van der Waals surface area (Å²) < 4.78 is 67.9. The maximum absolute atomic E-state index is 13.5. The van der Waals surface area contributed by atoms with Crippen LogP contribution in [0, 0.1) is 0 Å². The minimum absolute atomic E-state index is 0.0668. The number of allylic oxidation sites excluding steroid dienone is 2. The molecule has 1 aliphatic rings. The van der Waals surface area contributed by atoms with Crippen molar-refractivity contribution in [2.75, 3.05) is 6.61 Å². The molecule has 0 saturated carbocycles. The van der Waals surface area contributed by atoms with Crippen LogP contribution >= 0.6 is 0 Å². The molecule has 0 aromatic heterocycles. The molecule has 0 fully saturated rings. The standard InChI is InChI=1S/C19H24F4O3Si/c1-19(2,3)27(4,5)26-13-8-6-12(7-9-13)10-11-24-18-16(22)14(20)15(21)17(23)25-18/h6-9,18H,10-11H2,1-5H3. The summed E-state index contributed by atoms with van der Waals surface area (Å²) in [6.07, 6.45) is -1.58. The van der Waals surface area contributed by atoms with Gasteiger partial charge in [0.15, 0.2) is 0 Å².